The molecule has 0 aliphatic heterocycles. The Hall–Kier alpha value is -1.60. The third-order valence-corrected chi connectivity index (χ3v) is 3.24. The van der Waals surface area contributed by atoms with Crippen molar-refractivity contribution in [2.45, 2.75) is 32.1 Å². The summed E-state index contributed by atoms with van der Waals surface area (Å²) in [6, 6.07) is 3.23. The van der Waals surface area contributed by atoms with Crippen LogP contribution < -0.4 is 5.73 Å². The molecule has 1 aromatic carbocycles. The van der Waals surface area contributed by atoms with Crippen LogP contribution in [0.15, 0.2) is 18.2 Å². The third kappa shape index (κ3) is 3.36. The highest BCUT2D eigenvalue weighted by molar-refractivity contribution is 5.77. The Balaban J connectivity index is 2.47. The molecular formula is C14H18F3N3O. The van der Waals surface area contributed by atoms with Crippen molar-refractivity contribution < 1.29 is 17.9 Å². The number of aromatic nitrogens is 2. The van der Waals surface area contributed by atoms with Crippen molar-refractivity contribution in [3.05, 3.63) is 29.6 Å². The van der Waals surface area contributed by atoms with Crippen molar-refractivity contribution in [3.8, 4) is 0 Å². The molecule has 116 valence electrons. The monoisotopic (exact) mass is 301 g/mol. The van der Waals surface area contributed by atoms with E-state index in [1.807, 2.05) is 4.57 Å². The van der Waals surface area contributed by atoms with Crippen LogP contribution in [0, 0.1) is 0 Å². The molecule has 0 fully saturated rings. The number of hydrogen-bond donors (Lipinski definition) is 1. The number of nitrogens with two attached hydrogens (primary N) is 1. The van der Waals surface area contributed by atoms with Crippen molar-refractivity contribution in [2.75, 3.05) is 13.7 Å². The molecule has 2 rings (SSSR count). The number of imidazole rings is 1. The molecule has 1 atom stereocenters. The van der Waals surface area contributed by atoms with E-state index in [1.54, 1.807) is 14.0 Å². The van der Waals surface area contributed by atoms with Crippen LogP contribution in [0.2, 0.25) is 0 Å². The summed E-state index contributed by atoms with van der Waals surface area (Å²) < 4.78 is 45.1. The highest BCUT2D eigenvalue weighted by atomic mass is 19.4. The lowest BCUT2D eigenvalue weighted by atomic mass is 10.2. The lowest BCUT2D eigenvalue weighted by Gasteiger charge is -2.11. The highest BCUT2D eigenvalue weighted by Gasteiger charge is 2.31. The minimum atomic E-state index is -4.37. The molecule has 1 aromatic heterocycles. The summed E-state index contributed by atoms with van der Waals surface area (Å²) >= 11 is 0. The van der Waals surface area contributed by atoms with Crippen molar-refractivity contribution in [2.24, 2.45) is 5.73 Å². The van der Waals surface area contributed by atoms with Gasteiger partial charge < -0.3 is 15.0 Å². The molecule has 1 unspecified atom stereocenters. The van der Waals surface area contributed by atoms with Crippen LogP contribution in [-0.2, 0) is 17.5 Å². The first-order valence-corrected chi connectivity index (χ1v) is 6.66. The predicted molar refractivity (Wildman–Crippen MR) is 73.8 cm³/mol. The van der Waals surface area contributed by atoms with Crippen molar-refractivity contribution in [3.63, 3.8) is 0 Å². The summed E-state index contributed by atoms with van der Waals surface area (Å²) in [7, 11) is 1.61. The van der Waals surface area contributed by atoms with Crippen molar-refractivity contribution in [1.82, 2.24) is 9.55 Å². The van der Waals surface area contributed by atoms with Gasteiger partial charge in [0.25, 0.3) is 0 Å². The molecule has 2 aromatic rings. The number of ether oxygens (including phenoxy) is 1. The summed E-state index contributed by atoms with van der Waals surface area (Å²) in [5.41, 5.74) is 6.14. The van der Waals surface area contributed by atoms with Crippen LogP contribution in [0.3, 0.4) is 0 Å². The Kier molecular flexibility index (Phi) is 4.53. The lowest BCUT2D eigenvalue weighted by molar-refractivity contribution is -0.137. The van der Waals surface area contributed by atoms with Gasteiger partial charge in [-0.15, -0.1) is 0 Å². The van der Waals surface area contributed by atoms with Gasteiger partial charge in [-0.3, -0.25) is 0 Å². The van der Waals surface area contributed by atoms with E-state index in [0.717, 1.165) is 18.6 Å². The maximum atomic E-state index is 12.8. The van der Waals surface area contributed by atoms with Crippen LogP contribution in [-0.4, -0.2) is 23.3 Å². The van der Waals surface area contributed by atoms with Gasteiger partial charge >= 0.3 is 6.18 Å². The normalized spacial score (nSPS) is 13.8. The standard InChI is InChI=1S/C14H18F3N3O/c1-9(18)13-19-11-8-10(14(15,16)17)4-5-12(11)20(13)6-3-7-21-2/h4-5,8-9H,3,6-7,18H2,1-2H3. The fraction of sp³-hybridized carbons (Fsp3) is 0.500. The minimum Gasteiger partial charge on any atom is -0.385 e. The first kappa shape index (κ1) is 15.8. The van der Waals surface area contributed by atoms with Crippen LogP contribution in [0.1, 0.15) is 30.8 Å². The zero-order chi connectivity index (χ0) is 15.6. The Morgan fingerprint density at radius 3 is 2.67 bits per heavy atom. The largest absolute Gasteiger partial charge is 0.416 e. The zero-order valence-corrected chi connectivity index (χ0v) is 11.9. The molecule has 0 amide bonds. The maximum Gasteiger partial charge on any atom is 0.416 e. The molecule has 0 saturated carbocycles. The Morgan fingerprint density at radius 2 is 2.10 bits per heavy atom. The molecule has 0 bridgehead atoms. The van der Waals surface area contributed by atoms with Crippen LogP contribution >= 0.6 is 0 Å². The van der Waals surface area contributed by atoms with Gasteiger partial charge in [0.05, 0.1) is 22.6 Å². The van der Waals surface area contributed by atoms with Gasteiger partial charge in [0.1, 0.15) is 5.82 Å². The van der Waals surface area contributed by atoms with Gasteiger partial charge in [0, 0.05) is 20.3 Å². The molecule has 0 aliphatic carbocycles. The average Bonchev–Trinajstić information content (AvgIpc) is 2.76. The lowest BCUT2D eigenvalue weighted by Crippen LogP contribution is -2.14. The van der Waals surface area contributed by atoms with E-state index in [0.29, 0.717) is 30.0 Å². The summed E-state index contributed by atoms with van der Waals surface area (Å²) in [6.45, 7) is 2.93. The predicted octanol–water partition coefficient (Wildman–Crippen LogP) is 3.11. The van der Waals surface area contributed by atoms with Crippen molar-refractivity contribution in [1.29, 1.82) is 0 Å². The number of hydrogen-bond acceptors (Lipinski definition) is 3. The van der Waals surface area contributed by atoms with E-state index in [-0.39, 0.29) is 6.04 Å². The smallest absolute Gasteiger partial charge is 0.385 e. The quantitative estimate of drug-likeness (QED) is 0.863. The molecule has 0 radical (unpaired) electrons. The summed E-state index contributed by atoms with van der Waals surface area (Å²) in [6.07, 6.45) is -3.63. The number of benzene rings is 1. The Bertz CT molecular complexity index is 620. The second kappa shape index (κ2) is 6.03. The summed E-state index contributed by atoms with van der Waals surface area (Å²) in [5.74, 6) is 0.584. The van der Waals surface area contributed by atoms with Gasteiger partial charge in [-0.2, -0.15) is 13.2 Å². The van der Waals surface area contributed by atoms with Gasteiger partial charge in [0.2, 0.25) is 0 Å². The van der Waals surface area contributed by atoms with Gasteiger partial charge in [0.15, 0.2) is 0 Å². The fourth-order valence-corrected chi connectivity index (χ4v) is 2.27. The van der Waals surface area contributed by atoms with Gasteiger partial charge in [-0.05, 0) is 31.5 Å². The number of fused-ring (bicyclic) bond motifs is 1. The second-order valence-corrected chi connectivity index (χ2v) is 4.96. The maximum absolute atomic E-state index is 12.8. The fourth-order valence-electron chi connectivity index (χ4n) is 2.27. The summed E-state index contributed by atoms with van der Waals surface area (Å²) in [5, 5.41) is 0. The molecule has 0 spiro atoms. The van der Waals surface area contributed by atoms with E-state index in [1.165, 1.54) is 6.07 Å². The van der Waals surface area contributed by atoms with E-state index in [4.69, 9.17) is 10.5 Å². The van der Waals surface area contributed by atoms with E-state index >= 15 is 0 Å². The molecule has 2 N–H and O–H groups in total. The van der Waals surface area contributed by atoms with Crippen LogP contribution in [0.5, 0.6) is 0 Å². The summed E-state index contributed by atoms with van der Waals surface area (Å²) in [4.78, 5) is 4.26. The Morgan fingerprint density at radius 1 is 1.38 bits per heavy atom. The first-order valence-electron chi connectivity index (χ1n) is 6.66. The van der Waals surface area contributed by atoms with E-state index in [2.05, 4.69) is 4.98 Å². The average molecular weight is 301 g/mol. The molecule has 7 heteroatoms. The molecular weight excluding hydrogens is 283 g/mol. The SMILES string of the molecule is COCCCn1c(C(C)N)nc2cc(C(F)(F)F)ccc21. The number of alkyl halides is 3. The number of aryl methyl sites for hydroxylation is 1. The van der Waals surface area contributed by atoms with E-state index in [9.17, 15) is 13.2 Å². The number of rotatable bonds is 5. The van der Waals surface area contributed by atoms with Crippen LogP contribution in [0.4, 0.5) is 13.2 Å². The molecule has 21 heavy (non-hydrogen) atoms. The Labute approximate surface area is 120 Å². The third-order valence-electron chi connectivity index (χ3n) is 3.24. The second-order valence-electron chi connectivity index (χ2n) is 4.96. The molecule has 0 saturated heterocycles. The minimum absolute atomic E-state index is 0.314. The molecule has 4 nitrogen and oxygen atoms in total. The molecule has 1 heterocycles. The first-order chi connectivity index (χ1) is 9.84. The number of halogens is 3. The van der Waals surface area contributed by atoms with Crippen molar-refractivity contribution >= 4 is 11.0 Å². The van der Waals surface area contributed by atoms with Crippen LogP contribution in [0.25, 0.3) is 11.0 Å². The van der Waals surface area contributed by atoms with Gasteiger partial charge in [-0.25, -0.2) is 4.98 Å². The zero-order valence-electron chi connectivity index (χ0n) is 11.9. The van der Waals surface area contributed by atoms with Gasteiger partial charge in [-0.1, -0.05) is 0 Å². The number of methoxy groups -OCH3 is 1. The number of nitrogens with zero attached hydrogens (tertiary/aromatic N) is 2. The molecule has 0 aliphatic rings. The van der Waals surface area contributed by atoms with E-state index < -0.39 is 11.7 Å². The topological polar surface area (TPSA) is 53.1 Å². The highest BCUT2D eigenvalue weighted by Crippen LogP contribution is 2.32.